The molecule has 1 heterocycles. The van der Waals surface area contributed by atoms with Crippen molar-refractivity contribution < 1.29 is 9.53 Å². The third-order valence-corrected chi connectivity index (χ3v) is 2.03. The predicted octanol–water partition coefficient (Wildman–Crippen LogP) is 0.840. The summed E-state index contributed by atoms with van der Waals surface area (Å²) in [5.41, 5.74) is 5.31. The molecule has 0 unspecified atom stereocenters. The lowest BCUT2D eigenvalue weighted by Crippen LogP contribution is -2.15. The highest BCUT2D eigenvalue weighted by Gasteiger charge is 2.05. The highest BCUT2D eigenvalue weighted by Crippen LogP contribution is 2.03. The van der Waals surface area contributed by atoms with Crippen molar-refractivity contribution in [3.05, 3.63) is 6.33 Å². The molecule has 0 radical (unpaired) electrons. The van der Waals surface area contributed by atoms with Crippen molar-refractivity contribution in [2.75, 3.05) is 12.3 Å². The van der Waals surface area contributed by atoms with Crippen molar-refractivity contribution in [2.45, 2.75) is 33.2 Å². The first kappa shape index (κ1) is 12.5. The Morgan fingerprint density at radius 1 is 1.62 bits per heavy atom. The molecule has 0 saturated heterocycles. The van der Waals surface area contributed by atoms with Crippen LogP contribution >= 0.6 is 0 Å². The van der Waals surface area contributed by atoms with E-state index < -0.39 is 0 Å². The van der Waals surface area contributed by atoms with Gasteiger partial charge in [0.2, 0.25) is 5.95 Å². The molecule has 0 fully saturated rings. The summed E-state index contributed by atoms with van der Waals surface area (Å²) in [5, 5.41) is 3.79. The summed E-state index contributed by atoms with van der Waals surface area (Å²) in [6, 6.07) is 0. The Bertz CT molecular complexity index is 335. The van der Waals surface area contributed by atoms with E-state index in [2.05, 4.69) is 23.9 Å². The molecule has 0 atom stereocenters. The lowest BCUT2D eigenvalue weighted by molar-refractivity contribution is -0.144. The fraction of sp³-hybridized carbons (Fsp3) is 0.700. The van der Waals surface area contributed by atoms with Gasteiger partial charge >= 0.3 is 5.97 Å². The van der Waals surface area contributed by atoms with Crippen molar-refractivity contribution in [2.24, 2.45) is 5.92 Å². The zero-order valence-corrected chi connectivity index (χ0v) is 9.72. The van der Waals surface area contributed by atoms with Crippen LogP contribution in [0.15, 0.2) is 6.33 Å². The maximum absolute atomic E-state index is 11.3. The lowest BCUT2D eigenvalue weighted by Gasteiger charge is -2.06. The highest BCUT2D eigenvalue weighted by atomic mass is 16.5. The van der Waals surface area contributed by atoms with Gasteiger partial charge in [-0.25, -0.2) is 9.67 Å². The van der Waals surface area contributed by atoms with Crippen LogP contribution in [-0.4, -0.2) is 27.3 Å². The second-order valence-corrected chi connectivity index (χ2v) is 4.06. The van der Waals surface area contributed by atoms with Crippen LogP contribution in [0.4, 0.5) is 5.95 Å². The first-order valence-electron chi connectivity index (χ1n) is 5.38. The molecule has 6 nitrogen and oxygen atoms in total. The standard InChI is InChI=1S/C10H18N4O2/c1-8(2)4-3-5-16-9(15)6-14-7-12-10(11)13-14/h7-8H,3-6H2,1-2H3,(H2,11,13). The number of aromatic nitrogens is 3. The molecule has 16 heavy (non-hydrogen) atoms. The van der Waals surface area contributed by atoms with Gasteiger partial charge in [0, 0.05) is 0 Å². The Hall–Kier alpha value is -1.59. The second-order valence-electron chi connectivity index (χ2n) is 4.06. The number of nitrogen functional groups attached to an aromatic ring is 1. The first-order valence-corrected chi connectivity index (χ1v) is 5.38. The molecule has 1 rings (SSSR count). The van der Waals surface area contributed by atoms with Gasteiger partial charge in [0.1, 0.15) is 12.9 Å². The summed E-state index contributed by atoms with van der Waals surface area (Å²) in [7, 11) is 0. The molecule has 90 valence electrons. The maximum Gasteiger partial charge on any atom is 0.327 e. The molecule has 6 heteroatoms. The summed E-state index contributed by atoms with van der Waals surface area (Å²) in [4.78, 5) is 15.0. The summed E-state index contributed by atoms with van der Waals surface area (Å²) in [6.07, 6.45) is 3.36. The van der Waals surface area contributed by atoms with E-state index >= 15 is 0 Å². The van der Waals surface area contributed by atoms with Crippen molar-refractivity contribution in [3.63, 3.8) is 0 Å². The molecule has 0 amide bonds. The fourth-order valence-electron chi connectivity index (χ4n) is 1.24. The molecular formula is C10H18N4O2. The minimum Gasteiger partial charge on any atom is -0.464 e. The molecule has 0 bridgehead atoms. The quantitative estimate of drug-likeness (QED) is 0.574. The van der Waals surface area contributed by atoms with Crippen LogP contribution in [0.25, 0.3) is 0 Å². The Balaban J connectivity index is 2.16. The zero-order valence-electron chi connectivity index (χ0n) is 9.72. The molecule has 1 aromatic heterocycles. The maximum atomic E-state index is 11.3. The van der Waals surface area contributed by atoms with Gasteiger partial charge in [-0.3, -0.25) is 4.79 Å². The molecule has 0 aromatic carbocycles. The number of anilines is 1. The SMILES string of the molecule is CC(C)CCCOC(=O)Cn1cnc(N)n1. The fourth-order valence-corrected chi connectivity index (χ4v) is 1.24. The van der Waals surface area contributed by atoms with Gasteiger partial charge in [-0.15, -0.1) is 5.10 Å². The topological polar surface area (TPSA) is 83.0 Å². The molecule has 0 aliphatic carbocycles. The van der Waals surface area contributed by atoms with E-state index in [9.17, 15) is 4.79 Å². The third kappa shape index (κ3) is 4.77. The smallest absolute Gasteiger partial charge is 0.327 e. The van der Waals surface area contributed by atoms with Crippen molar-refractivity contribution in [1.29, 1.82) is 0 Å². The van der Waals surface area contributed by atoms with Gasteiger partial charge in [0.25, 0.3) is 0 Å². The average molecular weight is 226 g/mol. The Labute approximate surface area is 94.8 Å². The average Bonchev–Trinajstić information content (AvgIpc) is 2.58. The van der Waals surface area contributed by atoms with Gasteiger partial charge in [0.05, 0.1) is 6.61 Å². The number of hydrogen-bond donors (Lipinski definition) is 1. The van der Waals surface area contributed by atoms with E-state index in [-0.39, 0.29) is 18.5 Å². The van der Waals surface area contributed by atoms with Gasteiger partial charge < -0.3 is 10.5 Å². The zero-order chi connectivity index (χ0) is 12.0. The summed E-state index contributed by atoms with van der Waals surface area (Å²) in [6.45, 7) is 4.80. The predicted molar refractivity (Wildman–Crippen MR) is 59.5 cm³/mol. The van der Waals surface area contributed by atoms with Crippen LogP contribution in [0.1, 0.15) is 26.7 Å². The number of esters is 1. The molecule has 0 aliphatic heterocycles. The van der Waals surface area contributed by atoms with Crippen LogP contribution < -0.4 is 5.73 Å². The normalized spacial score (nSPS) is 10.7. The number of rotatable bonds is 6. The van der Waals surface area contributed by atoms with Crippen LogP contribution in [0.5, 0.6) is 0 Å². The van der Waals surface area contributed by atoms with E-state index in [4.69, 9.17) is 10.5 Å². The molecular weight excluding hydrogens is 208 g/mol. The monoisotopic (exact) mass is 226 g/mol. The number of ether oxygens (including phenoxy) is 1. The third-order valence-electron chi connectivity index (χ3n) is 2.03. The van der Waals surface area contributed by atoms with E-state index in [1.165, 1.54) is 11.0 Å². The summed E-state index contributed by atoms with van der Waals surface area (Å²) in [5.74, 6) is 0.482. The number of hydrogen-bond acceptors (Lipinski definition) is 5. The number of nitrogens with two attached hydrogens (primary N) is 1. The number of carbonyl (C=O) groups excluding carboxylic acids is 1. The van der Waals surface area contributed by atoms with Gasteiger partial charge in [-0.05, 0) is 18.8 Å². The van der Waals surface area contributed by atoms with E-state index in [1.807, 2.05) is 0 Å². The Morgan fingerprint density at radius 3 is 2.94 bits per heavy atom. The molecule has 0 aliphatic rings. The molecule has 0 spiro atoms. The van der Waals surface area contributed by atoms with Crippen LogP contribution in [0, 0.1) is 5.92 Å². The van der Waals surface area contributed by atoms with Crippen molar-refractivity contribution in [1.82, 2.24) is 14.8 Å². The minimum atomic E-state index is -0.311. The number of nitrogens with zero attached hydrogens (tertiary/aromatic N) is 3. The first-order chi connectivity index (χ1) is 7.58. The molecule has 1 aromatic rings. The highest BCUT2D eigenvalue weighted by molar-refractivity contribution is 5.68. The van der Waals surface area contributed by atoms with Crippen LogP contribution in [0.3, 0.4) is 0 Å². The minimum absolute atomic E-state index is 0.0614. The van der Waals surface area contributed by atoms with E-state index in [0.29, 0.717) is 12.5 Å². The van der Waals surface area contributed by atoms with Gasteiger partial charge in [0.15, 0.2) is 0 Å². The summed E-state index contributed by atoms with van der Waals surface area (Å²) < 4.78 is 6.40. The van der Waals surface area contributed by atoms with E-state index in [1.54, 1.807) is 0 Å². The Morgan fingerprint density at radius 2 is 2.38 bits per heavy atom. The second kappa shape index (κ2) is 6.09. The largest absolute Gasteiger partial charge is 0.464 e. The Kier molecular flexibility index (Phi) is 4.75. The molecule has 2 N–H and O–H groups in total. The van der Waals surface area contributed by atoms with Crippen molar-refractivity contribution >= 4 is 11.9 Å². The van der Waals surface area contributed by atoms with Gasteiger partial charge in [-0.1, -0.05) is 13.8 Å². The van der Waals surface area contributed by atoms with Crippen LogP contribution in [-0.2, 0) is 16.1 Å². The molecule has 0 saturated carbocycles. The lowest BCUT2D eigenvalue weighted by atomic mass is 10.1. The van der Waals surface area contributed by atoms with E-state index in [0.717, 1.165) is 12.8 Å². The van der Waals surface area contributed by atoms with Crippen LogP contribution in [0.2, 0.25) is 0 Å². The van der Waals surface area contributed by atoms with Gasteiger partial charge in [-0.2, -0.15) is 0 Å². The number of carbonyl (C=O) groups is 1. The summed E-state index contributed by atoms with van der Waals surface area (Å²) >= 11 is 0. The van der Waals surface area contributed by atoms with Crippen molar-refractivity contribution in [3.8, 4) is 0 Å².